The smallest absolute Gasteiger partial charge is 0.305 e. The Hall–Kier alpha value is -2.52. The summed E-state index contributed by atoms with van der Waals surface area (Å²) in [7, 11) is -0.0497. The number of benzene rings is 3. The van der Waals surface area contributed by atoms with E-state index in [2.05, 4.69) is 106 Å². The lowest BCUT2D eigenvalue weighted by Gasteiger charge is -2.19. The van der Waals surface area contributed by atoms with Crippen LogP contribution in [-0.2, 0) is 21.1 Å². The topological polar surface area (TPSA) is 37.3 Å². The summed E-state index contributed by atoms with van der Waals surface area (Å²) < 4.78 is 0. The summed E-state index contributed by atoms with van der Waals surface area (Å²) in [6.45, 7) is 10.1. The van der Waals surface area contributed by atoms with E-state index in [-0.39, 0.29) is 22.2 Å². The molecule has 0 aromatic heterocycles. The van der Waals surface area contributed by atoms with Crippen molar-refractivity contribution in [1.29, 1.82) is 0 Å². The van der Waals surface area contributed by atoms with Crippen molar-refractivity contribution >= 4 is 16.9 Å². The highest BCUT2D eigenvalue weighted by molar-refractivity contribution is 7.97. The predicted octanol–water partition coefficient (Wildman–Crippen LogP) is 6.81. The molecule has 0 saturated heterocycles. The van der Waals surface area contributed by atoms with E-state index in [0.717, 1.165) is 0 Å². The zero-order chi connectivity index (χ0) is 21.4. The standard InChI is InChI=1S/C22H23S.C4H8O2/c1-22(2,3)18-14-16-21(17-15-18)23(19-10-6-4-7-11-19)20-12-8-5-9-13-20;1-3(2)4(5)6/h4-17H,1-3H3;3H,1-2H3,(H,5,6)/q+1;. The molecule has 3 aromatic carbocycles. The molecule has 1 N–H and O–H groups in total. The van der Waals surface area contributed by atoms with Gasteiger partial charge in [-0.05, 0) is 47.4 Å². The summed E-state index contributed by atoms with van der Waals surface area (Å²) in [4.78, 5) is 13.8. The van der Waals surface area contributed by atoms with Gasteiger partial charge in [0.25, 0.3) is 0 Å². The first kappa shape index (κ1) is 22.8. The van der Waals surface area contributed by atoms with Gasteiger partial charge in [-0.3, -0.25) is 4.79 Å². The number of carboxylic acids is 1. The molecule has 3 heteroatoms. The number of hydrogen-bond acceptors (Lipinski definition) is 1. The summed E-state index contributed by atoms with van der Waals surface area (Å²) in [5.41, 5.74) is 1.57. The molecule has 0 aliphatic rings. The van der Waals surface area contributed by atoms with Crippen LogP contribution in [0.25, 0.3) is 0 Å². The van der Waals surface area contributed by atoms with Gasteiger partial charge in [-0.15, -0.1) is 0 Å². The highest BCUT2D eigenvalue weighted by atomic mass is 32.2. The second-order valence-electron chi connectivity index (χ2n) is 8.20. The molecule has 3 aromatic rings. The third kappa shape index (κ3) is 6.79. The van der Waals surface area contributed by atoms with E-state index >= 15 is 0 Å². The lowest BCUT2D eigenvalue weighted by atomic mass is 9.87. The molecule has 3 rings (SSSR count). The van der Waals surface area contributed by atoms with Crippen LogP contribution < -0.4 is 0 Å². The maximum atomic E-state index is 9.70. The Kier molecular flexibility index (Phi) is 8.10. The molecule has 2 nitrogen and oxygen atoms in total. The van der Waals surface area contributed by atoms with E-state index in [9.17, 15) is 4.79 Å². The predicted molar refractivity (Wildman–Crippen MR) is 123 cm³/mol. The normalized spacial score (nSPS) is 11.1. The van der Waals surface area contributed by atoms with Crippen molar-refractivity contribution < 1.29 is 9.90 Å². The Bertz CT molecular complexity index is 840. The Morgan fingerprint density at radius 1 is 0.724 bits per heavy atom. The van der Waals surface area contributed by atoms with E-state index in [1.807, 2.05) is 0 Å². The van der Waals surface area contributed by atoms with Gasteiger partial charge in [-0.1, -0.05) is 83.1 Å². The molecular weight excluding hydrogens is 376 g/mol. The third-order valence-corrected chi connectivity index (χ3v) is 6.64. The summed E-state index contributed by atoms with van der Waals surface area (Å²) in [6, 6.07) is 30.7. The molecule has 0 amide bonds. The van der Waals surface area contributed by atoms with Crippen LogP contribution in [0.2, 0.25) is 0 Å². The first-order valence-electron chi connectivity index (χ1n) is 9.88. The molecule has 0 unspecified atom stereocenters. The van der Waals surface area contributed by atoms with Crippen LogP contribution in [0, 0.1) is 5.92 Å². The number of carboxylic acid groups (broad SMARTS) is 1. The molecular formula is C26H31O2S+. The van der Waals surface area contributed by atoms with Crippen molar-refractivity contribution in [2.75, 3.05) is 0 Å². The molecule has 0 atom stereocenters. The Morgan fingerprint density at radius 2 is 1.07 bits per heavy atom. The van der Waals surface area contributed by atoms with E-state index in [1.54, 1.807) is 13.8 Å². The van der Waals surface area contributed by atoms with Gasteiger partial charge in [-0.25, -0.2) is 0 Å². The summed E-state index contributed by atoms with van der Waals surface area (Å²) in [5.74, 6) is -0.972. The monoisotopic (exact) mass is 407 g/mol. The highest BCUT2D eigenvalue weighted by Gasteiger charge is 2.28. The van der Waals surface area contributed by atoms with Crippen molar-refractivity contribution in [3.05, 3.63) is 90.5 Å². The lowest BCUT2D eigenvalue weighted by molar-refractivity contribution is -0.140. The maximum Gasteiger partial charge on any atom is 0.305 e. The second-order valence-corrected chi connectivity index (χ2v) is 10.2. The zero-order valence-electron chi connectivity index (χ0n) is 17.9. The van der Waals surface area contributed by atoms with Gasteiger partial charge in [0.15, 0.2) is 14.7 Å². The van der Waals surface area contributed by atoms with Crippen molar-refractivity contribution in [3.63, 3.8) is 0 Å². The first-order chi connectivity index (χ1) is 13.7. The zero-order valence-corrected chi connectivity index (χ0v) is 18.7. The third-order valence-electron chi connectivity index (χ3n) is 4.41. The molecule has 0 spiro atoms. The van der Waals surface area contributed by atoms with E-state index < -0.39 is 5.97 Å². The number of rotatable bonds is 4. The van der Waals surface area contributed by atoms with Gasteiger partial charge in [0, 0.05) is 0 Å². The van der Waals surface area contributed by atoms with Crippen LogP contribution in [0.3, 0.4) is 0 Å². The largest absolute Gasteiger partial charge is 0.481 e. The van der Waals surface area contributed by atoms with E-state index in [4.69, 9.17) is 5.11 Å². The molecule has 0 bridgehead atoms. The molecule has 152 valence electrons. The van der Waals surface area contributed by atoms with Crippen molar-refractivity contribution in [3.8, 4) is 0 Å². The van der Waals surface area contributed by atoms with Crippen LogP contribution in [0.5, 0.6) is 0 Å². The Balaban J connectivity index is 0.000000438. The molecule has 0 heterocycles. The molecule has 0 radical (unpaired) electrons. The van der Waals surface area contributed by atoms with E-state index in [0.29, 0.717) is 0 Å². The van der Waals surface area contributed by atoms with Gasteiger partial charge in [0.05, 0.1) is 16.8 Å². The fraction of sp³-hybridized carbons (Fsp3) is 0.269. The van der Waals surface area contributed by atoms with Gasteiger partial charge in [-0.2, -0.15) is 0 Å². The van der Waals surface area contributed by atoms with Crippen LogP contribution in [0.4, 0.5) is 0 Å². The number of hydrogen-bond donors (Lipinski definition) is 1. The summed E-state index contributed by atoms with van der Waals surface area (Å²) >= 11 is 0. The number of aliphatic carboxylic acids is 1. The summed E-state index contributed by atoms with van der Waals surface area (Å²) in [5, 5.41) is 7.99. The Morgan fingerprint density at radius 3 is 1.38 bits per heavy atom. The summed E-state index contributed by atoms with van der Waals surface area (Å²) in [6.07, 6.45) is 0. The quantitative estimate of drug-likeness (QED) is 0.483. The first-order valence-corrected chi connectivity index (χ1v) is 11.1. The molecule has 29 heavy (non-hydrogen) atoms. The average molecular weight is 408 g/mol. The van der Waals surface area contributed by atoms with Gasteiger partial charge in [0.1, 0.15) is 0 Å². The van der Waals surface area contributed by atoms with Gasteiger partial charge >= 0.3 is 5.97 Å². The van der Waals surface area contributed by atoms with Crippen LogP contribution in [0.15, 0.2) is 99.6 Å². The van der Waals surface area contributed by atoms with Gasteiger partial charge in [0.2, 0.25) is 0 Å². The van der Waals surface area contributed by atoms with Crippen molar-refractivity contribution in [2.24, 2.45) is 5.92 Å². The molecule has 0 aliphatic heterocycles. The minimum absolute atomic E-state index is 0.0497. The second kappa shape index (κ2) is 10.3. The van der Waals surface area contributed by atoms with Gasteiger partial charge < -0.3 is 5.11 Å². The van der Waals surface area contributed by atoms with Crippen molar-refractivity contribution in [1.82, 2.24) is 0 Å². The Labute approximate surface area is 178 Å². The molecule has 0 saturated carbocycles. The maximum absolute atomic E-state index is 9.70. The van der Waals surface area contributed by atoms with Crippen molar-refractivity contribution in [2.45, 2.75) is 54.7 Å². The van der Waals surface area contributed by atoms with Crippen LogP contribution in [-0.4, -0.2) is 11.1 Å². The highest BCUT2D eigenvalue weighted by Crippen LogP contribution is 2.32. The lowest BCUT2D eigenvalue weighted by Crippen LogP contribution is -2.11. The minimum Gasteiger partial charge on any atom is -0.481 e. The SMILES string of the molecule is CC(C)(C)c1ccc([S+](c2ccccc2)c2ccccc2)cc1.CC(C)C(=O)O. The average Bonchev–Trinajstić information content (AvgIpc) is 2.70. The fourth-order valence-corrected chi connectivity index (χ4v) is 4.70. The fourth-order valence-electron chi connectivity index (χ4n) is 2.61. The van der Waals surface area contributed by atoms with Crippen LogP contribution >= 0.6 is 0 Å². The molecule has 0 aliphatic carbocycles. The minimum atomic E-state index is -0.741. The van der Waals surface area contributed by atoms with E-state index in [1.165, 1.54) is 20.2 Å². The van der Waals surface area contributed by atoms with Crippen LogP contribution in [0.1, 0.15) is 40.2 Å². The molecule has 0 fully saturated rings. The number of carbonyl (C=O) groups is 1.